The molecule has 17 heteroatoms. The second-order valence-electron chi connectivity index (χ2n) is 18.5. The van der Waals surface area contributed by atoms with Gasteiger partial charge in [0.15, 0.2) is 17.2 Å². The average molecular weight is 896 g/mol. The number of benzene rings is 1. The number of para-hydroxylation sites is 1. The van der Waals surface area contributed by atoms with E-state index in [0.29, 0.717) is 37.5 Å². The van der Waals surface area contributed by atoms with Crippen molar-refractivity contribution >= 4 is 34.2 Å². The number of anilines is 1. The molecule has 1 saturated heterocycles. The highest BCUT2D eigenvalue weighted by atomic mass is 19.3. The number of oxazole rings is 1. The summed E-state index contributed by atoms with van der Waals surface area (Å²) in [5.41, 5.74) is 3.56. The third-order valence-corrected chi connectivity index (χ3v) is 13.9. The second-order valence-corrected chi connectivity index (χ2v) is 18.5. The molecule has 1 aliphatic heterocycles. The molecule has 0 radical (unpaired) electrons. The maximum atomic E-state index is 14.2. The van der Waals surface area contributed by atoms with E-state index < -0.39 is 24.1 Å². The van der Waals surface area contributed by atoms with E-state index in [1.54, 1.807) is 33.1 Å². The summed E-state index contributed by atoms with van der Waals surface area (Å²) < 4.78 is 44.9. The number of hydrogen-bond donors (Lipinski definition) is 1. The number of nitrogens with one attached hydrogen (secondary N) is 1. The fraction of sp³-hybridized carbons (Fsp3) is 0.562. The Bertz CT molecular complexity index is 2540. The molecule has 5 heterocycles. The van der Waals surface area contributed by atoms with Crippen LogP contribution in [-0.4, -0.2) is 109 Å². The highest BCUT2D eigenvalue weighted by Crippen LogP contribution is 2.36. The fourth-order valence-electron chi connectivity index (χ4n) is 10.0. The molecule has 346 valence electrons. The van der Waals surface area contributed by atoms with Gasteiger partial charge in [-0.2, -0.15) is 5.10 Å². The molecule has 15 nitrogen and oxygen atoms in total. The van der Waals surface area contributed by atoms with Crippen LogP contribution in [0, 0.1) is 11.8 Å². The van der Waals surface area contributed by atoms with Gasteiger partial charge in [0.1, 0.15) is 12.0 Å². The number of amides is 1. The average Bonchev–Trinajstić information content (AvgIpc) is 3.71. The lowest BCUT2D eigenvalue weighted by atomic mass is 9.85. The van der Waals surface area contributed by atoms with E-state index in [9.17, 15) is 28.0 Å². The molecule has 9 rings (SSSR count). The van der Waals surface area contributed by atoms with E-state index in [2.05, 4.69) is 30.2 Å². The number of ketones is 2. The minimum atomic E-state index is -2.85. The number of halogens is 2. The van der Waals surface area contributed by atoms with E-state index >= 15 is 0 Å². The molecule has 5 aromatic rings. The zero-order valence-electron chi connectivity index (χ0n) is 37.1. The summed E-state index contributed by atoms with van der Waals surface area (Å²) in [6, 6.07) is 8.91. The van der Waals surface area contributed by atoms with Crippen LogP contribution in [-0.2, 0) is 34.2 Å². The van der Waals surface area contributed by atoms with Gasteiger partial charge in [-0.1, -0.05) is 25.0 Å². The molecule has 4 aliphatic rings. The first kappa shape index (κ1) is 44.8. The van der Waals surface area contributed by atoms with Crippen molar-refractivity contribution < 1.29 is 32.3 Å². The van der Waals surface area contributed by atoms with Crippen LogP contribution in [0.4, 0.5) is 14.5 Å². The number of rotatable bonds is 18. The van der Waals surface area contributed by atoms with Gasteiger partial charge in [0, 0.05) is 83.0 Å². The number of hydrogen-bond acceptors (Lipinski definition) is 11. The van der Waals surface area contributed by atoms with Crippen LogP contribution in [0.2, 0.25) is 0 Å². The number of fused-ring (bicyclic) bond motifs is 1. The summed E-state index contributed by atoms with van der Waals surface area (Å²) in [6.07, 6.45) is 11.9. The van der Waals surface area contributed by atoms with Crippen LogP contribution in [0.1, 0.15) is 117 Å². The van der Waals surface area contributed by atoms with Gasteiger partial charge in [0.05, 0.1) is 41.8 Å². The molecule has 0 bridgehead atoms. The quantitative estimate of drug-likeness (QED) is 0.0714. The Hall–Kier alpha value is -5.39. The summed E-state index contributed by atoms with van der Waals surface area (Å²) in [7, 11) is 1.74. The Morgan fingerprint density at radius 1 is 0.954 bits per heavy atom. The first-order valence-electron chi connectivity index (χ1n) is 23.4. The van der Waals surface area contributed by atoms with Crippen LogP contribution in [0.3, 0.4) is 0 Å². The zero-order chi connectivity index (χ0) is 45.0. The minimum absolute atomic E-state index is 0.00276. The maximum Gasteiger partial charge on any atom is 0.329 e. The number of carbonyl (C=O) groups excluding carboxylic acids is 3. The van der Waals surface area contributed by atoms with Gasteiger partial charge in [0.2, 0.25) is 5.89 Å². The smallest absolute Gasteiger partial charge is 0.329 e. The molecular formula is C48H59F2N9O6. The maximum absolute atomic E-state index is 14.2. The van der Waals surface area contributed by atoms with Crippen LogP contribution in [0.15, 0.2) is 58.2 Å². The molecule has 3 aliphatic carbocycles. The number of piperazine rings is 1. The predicted molar refractivity (Wildman–Crippen MR) is 239 cm³/mol. The molecule has 1 aromatic carbocycles. The third kappa shape index (κ3) is 10.5. The van der Waals surface area contributed by atoms with E-state index in [1.807, 2.05) is 24.3 Å². The van der Waals surface area contributed by atoms with Crippen molar-refractivity contribution in [1.29, 1.82) is 0 Å². The molecule has 4 fully saturated rings. The highest BCUT2D eigenvalue weighted by molar-refractivity contribution is 6.04. The number of aromatic nitrogens is 6. The Labute approximate surface area is 376 Å². The van der Waals surface area contributed by atoms with Crippen molar-refractivity contribution in [3.63, 3.8) is 0 Å². The first-order valence-corrected chi connectivity index (χ1v) is 23.4. The monoisotopic (exact) mass is 895 g/mol. The summed E-state index contributed by atoms with van der Waals surface area (Å²) in [5.74, 6) is 0.693. The first-order chi connectivity index (χ1) is 31.6. The molecule has 1 atom stereocenters. The van der Waals surface area contributed by atoms with E-state index in [1.165, 1.54) is 25.3 Å². The normalized spacial score (nSPS) is 21.2. The van der Waals surface area contributed by atoms with E-state index in [0.717, 1.165) is 119 Å². The van der Waals surface area contributed by atoms with E-state index in [-0.39, 0.29) is 47.0 Å². The minimum Gasteiger partial charge on any atom is -0.444 e. The molecule has 1 unspecified atom stereocenters. The number of alkyl halides is 2. The van der Waals surface area contributed by atoms with Gasteiger partial charge in [-0.15, -0.1) is 0 Å². The van der Waals surface area contributed by atoms with Gasteiger partial charge in [-0.3, -0.25) is 38.1 Å². The van der Waals surface area contributed by atoms with Crippen LogP contribution in [0.5, 0.6) is 0 Å². The Balaban J connectivity index is 0.682. The van der Waals surface area contributed by atoms with Crippen LogP contribution in [0.25, 0.3) is 22.5 Å². The molecule has 65 heavy (non-hydrogen) atoms. The number of Topliss-reactive ketones (excluding diaryl/α,β-unsaturated/α-hetero) is 2. The largest absolute Gasteiger partial charge is 0.444 e. The zero-order valence-corrected chi connectivity index (χ0v) is 37.1. The summed E-state index contributed by atoms with van der Waals surface area (Å²) in [5, 5.41) is 6.88. The van der Waals surface area contributed by atoms with Crippen LogP contribution >= 0.6 is 0 Å². The third-order valence-electron chi connectivity index (χ3n) is 13.9. The standard InChI is InChI=1S/C48H59F2N9O6/c1-55-44-33(4-2-6-41(44)59(48(55)63)40-16-15-37(60)27-42(40)61)5-3-24-64-25-23-56-19-21-57(22-20-56)28-32-10-13-36(14-11-32)58-29-38(43(54-58)45(49)50)52-46(62)39-30-65-47(53-39)34-17-18-51-35(26-34)12-9-31-7-8-31/h2,4,6,17-18,26,29-32,36,40,45H,3,5,7-16,19-25,27-28H2,1H3,(H,52,62). The number of nitrogens with zero attached hydrogens (tertiary/aromatic N) is 8. The predicted octanol–water partition coefficient (Wildman–Crippen LogP) is 6.98. The Kier molecular flexibility index (Phi) is 13.8. The van der Waals surface area contributed by atoms with Crippen LogP contribution < -0.4 is 11.0 Å². The topological polar surface area (TPSA) is 163 Å². The molecule has 3 saturated carbocycles. The number of aryl methyl sites for hydroxylation is 3. The molecular weight excluding hydrogens is 837 g/mol. The Morgan fingerprint density at radius 2 is 1.74 bits per heavy atom. The van der Waals surface area contributed by atoms with Crippen molar-refractivity contribution in [3.05, 3.63) is 82.1 Å². The lowest BCUT2D eigenvalue weighted by Crippen LogP contribution is -2.48. The van der Waals surface area contributed by atoms with E-state index in [4.69, 9.17) is 9.15 Å². The number of carbonyl (C=O) groups is 3. The summed E-state index contributed by atoms with van der Waals surface area (Å²) in [6.45, 7) is 7.05. The van der Waals surface area contributed by atoms with Crippen molar-refractivity contribution in [3.8, 4) is 11.5 Å². The summed E-state index contributed by atoms with van der Waals surface area (Å²) >= 11 is 0. The van der Waals surface area contributed by atoms with Gasteiger partial charge >= 0.3 is 5.69 Å². The van der Waals surface area contributed by atoms with Gasteiger partial charge in [0.25, 0.3) is 12.3 Å². The van der Waals surface area contributed by atoms with Gasteiger partial charge in [-0.25, -0.2) is 18.6 Å². The number of imidazole rings is 1. The Morgan fingerprint density at radius 3 is 2.51 bits per heavy atom. The molecule has 1 N–H and O–H groups in total. The lowest BCUT2D eigenvalue weighted by Gasteiger charge is -2.38. The number of ether oxygens (including phenoxy) is 1. The van der Waals surface area contributed by atoms with Crippen molar-refractivity contribution in [2.24, 2.45) is 18.9 Å². The molecule has 1 amide bonds. The fourth-order valence-corrected chi connectivity index (χ4v) is 10.0. The summed E-state index contributed by atoms with van der Waals surface area (Å²) in [4.78, 5) is 64.8. The van der Waals surface area contributed by atoms with Crippen molar-refractivity contribution in [1.82, 2.24) is 38.7 Å². The van der Waals surface area contributed by atoms with Crippen molar-refractivity contribution in [2.75, 3.05) is 57.8 Å². The highest BCUT2D eigenvalue weighted by Gasteiger charge is 2.33. The SMILES string of the molecule is Cn1c(=O)n(C2CCC(=O)CC2=O)c2cccc(CCCOCCN3CCN(CC4CCC(n5cc(NC(=O)c6coc(-c7ccnc(CCC8CC8)c7)n6)c(C(F)F)n5)CC4)CC3)c21. The number of pyridine rings is 1. The second kappa shape index (κ2) is 20.0. The van der Waals surface area contributed by atoms with Gasteiger partial charge in [-0.05, 0) is 93.4 Å². The molecule has 0 spiro atoms. The van der Waals surface area contributed by atoms with Crippen molar-refractivity contribution in [2.45, 2.75) is 102 Å². The van der Waals surface area contributed by atoms with Gasteiger partial charge < -0.3 is 19.4 Å². The molecule has 4 aromatic heterocycles. The lowest BCUT2D eigenvalue weighted by molar-refractivity contribution is -0.132.